The molecule has 3 N–H and O–H groups in total. The summed E-state index contributed by atoms with van der Waals surface area (Å²) < 4.78 is 11.6. The van der Waals surface area contributed by atoms with Gasteiger partial charge in [-0.05, 0) is 63.5 Å². The number of hydrogen-bond acceptors (Lipinski definition) is 5. The van der Waals surface area contributed by atoms with E-state index in [1.807, 2.05) is 43.3 Å². The van der Waals surface area contributed by atoms with Gasteiger partial charge in [-0.25, -0.2) is 0 Å². The topological polar surface area (TPSA) is 92.6 Å². The lowest BCUT2D eigenvalue weighted by atomic mass is 10.1. The average molecular weight is 476 g/mol. The highest BCUT2D eigenvalue weighted by atomic mass is 79.9. The van der Waals surface area contributed by atoms with Crippen molar-refractivity contribution >= 4 is 55.8 Å². The van der Waals surface area contributed by atoms with Crippen LogP contribution in [0.5, 0.6) is 5.75 Å². The van der Waals surface area contributed by atoms with Crippen LogP contribution in [0.15, 0.2) is 63.7 Å². The molecule has 3 rings (SSSR count). The van der Waals surface area contributed by atoms with Crippen LogP contribution in [0.3, 0.4) is 0 Å². The Labute approximate surface area is 180 Å². The van der Waals surface area contributed by atoms with Gasteiger partial charge in [0.15, 0.2) is 17.0 Å². The van der Waals surface area contributed by atoms with Crippen molar-refractivity contribution in [2.24, 2.45) is 0 Å². The fourth-order valence-corrected chi connectivity index (χ4v) is 3.31. The number of halogens is 1. The summed E-state index contributed by atoms with van der Waals surface area (Å²) in [5.74, 6) is -0.289. The minimum Gasteiger partial charge on any atom is -0.479 e. The second-order valence-electron chi connectivity index (χ2n) is 5.99. The Morgan fingerprint density at radius 1 is 1.14 bits per heavy atom. The van der Waals surface area contributed by atoms with E-state index in [0.29, 0.717) is 12.2 Å². The van der Waals surface area contributed by atoms with Crippen molar-refractivity contribution < 1.29 is 18.7 Å². The van der Waals surface area contributed by atoms with Crippen LogP contribution in [0.1, 0.15) is 23.9 Å². The van der Waals surface area contributed by atoms with Crippen molar-refractivity contribution in [3.8, 4) is 5.75 Å². The molecule has 0 aliphatic carbocycles. The Balaban J connectivity index is 1.58. The smallest absolute Gasteiger partial charge is 0.293 e. The summed E-state index contributed by atoms with van der Waals surface area (Å²) in [7, 11) is 0. The highest BCUT2D eigenvalue weighted by molar-refractivity contribution is 9.10. The molecule has 0 aliphatic heterocycles. The van der Waals surface area contributed by atoms with E-state index in [1.54, 1.807) is 6.07 Å². The number of fused-ring (bicyclic) bond motifs is 1. The number of thiocarbonyl (C=S) groups is 1. The molecule has 1 aromatic heterocycles. The van der Waals surface area contributed by atoms with Crippen molar-refractivity contribution in [3.05, 3.63) is 65.0 Å². The molecule has 150 valence electrons. The number of hydrazine groups is 1. The van der Waals surface area contributed by atoms with E-state index >= 15 is 0 Å². The van der Waals surface area contributed by atoms with Crippen molar-refractivity contribution in [2.75, 3.05) is 0 Å². The Morgan fingerprint density at radius 2 is 1.93 bits per heavy atom. The van der Waals surface area contributed by atoms with Crippen LogP contribution >= 0.6 is 28.1 Å². The molecule has 1 atom stereocenters. The molecule has 0 aliphatic rings. The van der Waals surface area contributed by atoms with E-state index < -0.39 is 17.9 Å². The number of benzene rings is 2. The number of carbonyl (C=O) groups excluding carboxylic acids is 2. The molecule has 1 unspecified atom stereocenters. The summed E-state index contributed by atoms with van der Waals surface area (Å²) in [5, 5.41) is 4.38. The summed E-state index contributed by atoms with van der Waals surface area (Å²) >= 11 is 8.55. The molecule has 9 heteroatoms. The third kappa shape index (κ3) is 5.12. The fourth-order valence-electron chi connectivity index (χ4n) is 2.58. The van der Waals surface area contributed by atoms with E-state index in [4.69, 9.17) is 21.4 Å². The number of ether oxygens (including phenoxy) is 1. The Kier molecular flexibility index (Phi) is 6.84. The van der Waals surface area contributed by atoms with Crippen LogP contribution in [-0.2, 0) is 4.79 Å². The lowest BCUT2D eigenvalue weighted by Gasteiger charge is -2.19. The third-order valence-electron chi connectivity index (χ3n) is 4.03. The van der Waals surface area contributed by atoms with Crippen LogP contribution in [0.2, 0.25) is 0 Å². The molecule has 0 spiro atoms. The van der Waals surface area contributed by atoms with Gasteiger partial charge in [0.1, 0.15) is 5.75 Å². The van der Waals surface area contributed by atoms with Crippen LogP contribution in [0.25, 0.3) is 10.8 Å². The van der Waals surface area contributed by atoms with Gasteiger partial charge in [-0.15, -0.1) is 0 Å². The number of furan rings is 1. The van der Waals surface area contributed by atoms with Gasteiger partial charge in [0, 0.05) is 0 Å². The molecule has 2 aromatic carbocycles. The van der Waals surface area contributed by atoms with Crippen molar-refractivity contribution in [1.82, 2.24) is 16.2 Å². The minimum atomic E-state index is -0.761. The van der Waals surface area contributed by atoms with Gasteiger partial charge >= 0.3 is 0 Å². The van der Waals surface area contributed by atoms with Gasteiger partial charge in [0.25, 0.3) is 11.8 Å². The molecule has 7 nitrogen and oxygen atoms in total. The van der Waals surface area contributed by atoms with Gasteiger partial charge in [0.2, 0.25) is 0 Å². The third-order valence-corrected chi connectivity index (χ3v) is 5.05. The summed E-state index contributed by atoms with van der Waals surface area (Å²) in [4.78, 5) is 24.3. The molecule has 3 aromatic rings. The molecule has 0 radical (unpaired) electrons. The van der Waals surface area contributed by atoms with E-state index in [9.17, 15) is 9.59 Å². The van der Waals surface area contributed by atoms with Gasteiger partial charge in [-0.3, -0.25) is 25.8 Å². The monoisotopic (exact) mass is 475 g/mol. The van der Waals surface area contributed by atoms with Crippen molar-refractivity contribution in [1.29, 1.82) is 0 Å². The molecular formula is C20H18BrN3O4S. The van der Waals surface area contributed by atoms with E-state index in [2.05, 4.69) is 32.1 Å². The minimum absolute atomic E-state index is 0.0681. The fraction of sp³-hybridized carbons (Fsp3) is 0.150. The first-order valence-corrected chi connectivity index (χ1v) is 9.98. The van der Waals surface area contributed by atoms with E-state index in [0.717, 1.165) is 15.2 Å². The second kappa shape index (κ2) is 9.53. The highest BCUT2D eigenvalue weighted by Crippen LogP contribution is 2.33. The molecule has 0 saturated carbocycles. The first-order chi connectivity index (χ1) is 14.0. The first kappa shape index (κ1) is 20.8. The Morgan fingerprint density at radius 3 is 2.66 bits per heavy atom. The van der Waals surface area contributed by atoms with E-state index in [1.165, 1.54) is 12.3 Å². The van der Waals surface area contributed by atoms with Crippen LogP contribution in [0, 0.1) is 0 Å². The molecule has 2 amide bonds. The Hall–Kier alpha value is -2.91. The second-order valence-corrected chi connectivity index (χ2v) is 7.19. The number of hydrogen-bond donors (Lipinski definition) is 3. The van der Waals surface area contributed by atoms with Gasteiger partial charge in [-0.1, -0.05) is 37.3 Å². The normalized spacial score (nSPS) is 11.5. The average Bonchev–Trinajstić information content (AvgIpc) is 3.27. The maximum atomic E-state index is 12.5. The largest absolute Gasteiger partial charge is 0.479 e. The van der Waals surface area contributed by atoms with Crippen molar-refractivity contribution in [2.45, 2.75) is 19.4 Å². The van der Waals surface area contributed by atoms with Gasteiger partial charge in [-0.2, -0.15) is 0 Å². The molecule has 0 bridgehead atoms. The zero-order valence-corrected chi connectivity index (χ0v) is 17.8. The molecule has 0 saturated heterocycles. The number of nitrogens with one attached hydrogen (secondary N) is 3. The number of amides is 2. The number of carbonyl (C=O) groups is 2. The molecule has 1 heterocycles. The maximum Gasteiger partial charge on any atom is 0.293 e. The molecule has 29 heavy (non-hydrogen) atoms. The summed E-state index contributed by atoms with van der Waals surface area (Å²) in [5.41, 5.74) is 4.93. The van der Waals surface area contributed by atoms with E-state index in [-0.39, 0.29) is 10.9 Å². The lowest BCUT2D eigenvalue weighted by Crippen LogP contribution is -2.52. The molecule has 0 fully saturated rings. The van der Waals surface area contributed by atoms with Gasteiger partial charge in [0.05, 0.1) is 10.7 Å². The summed E-state index contributed by atoms with van der Waals surface area (Å²) in [6.07, 6.45) is 1.04. The van der Waals surface area contributed by atoms with Crippen LogP contribution in [0.4, 0.5) is 0 Å². The lowest BCUT2D eigenvalue weighted by molar-refractivity contribution is -0.128. The predicted octanol–water partition coefficient (Wildman–Crippen LogP) is 3.69. The first-order valence-electron chi connectivity index (χ1n) is 8.78. The standard InChI is InChI=1S/C20H18BrN3O4S/c1-2-14(28-15-10-9-12-6-3-4-7-13(12)17(15)21)19(26)23-24-20(29)22-18(25)16-8-5-11-27-16/h3-11,14H,2H2,1H3,(H,23,26)(H2,22,24,25,29). The Bertz CT molecular complexity index is 1040. The maximum absolute atomic E-state index is 12.5. The quantitative estimate of drug-likeness (QED) is 0.384. The molecular weight excluding hydrogens is 458 g/mol. The zero-order chi connectivity index (χ0) is 20.8. The zero-order valence-electron chi connectivity index (χ0n) is 15.4. The number of rotatable bonds is 5. The van der Waals surface area contributed by atoms with Crippen LogP contribution < -0.4 is 20.9 Å². The summed E-state index contributed by atoms with van der Waals surface area (Å²) in [6.45, 7) is 1.83. The highest BCUT2D eigenvalue weighted by Gasteiger charge is 2.20. The summed E-state index contributed by atoms with van der Waals surface area (Å²) in [6, 6.07) is 14.7. The van der Waals surface area contributed by atoms with Crippen molar-refractivity contribution in [3.63, 3.8) is 0 Å². The predicted molar refractivity (Wildman–Crippen MR) is 116 cm³/mol. The van der Waals surface area contributed by atoms with Gasteiger partial charge < -0.3 is 9.15 Å². The SMILES string of the molecule is CCC(Oc1ccc2ccccc2c1Br)C(=O)NNC(=S)NC(=O)c1ccco1. The van der Waals surface area contributed by atoms with Crippen LogP contribution in [-0.4, -0.2) is 23.0 Å².